The number of fused-ring (bicyclic) bond motifs is 1. The molecule has 0 heterocycles. The molecule has 0 radical (unpaired) electrons. The molecule has 1 amide bonds. The topological polar surface area (TPSA) is 236 Å². The van der Waals surface area contributed by atoms with Gasteiger partial charge in [0.15, 0.2) is 0 Å². The average molecular weight is 876 g/mol. The fourth-order valence-corrected chi connectivity index (χ4v) is 9.00. The van der Waals surface area contributed by atoms with Crippen LogP contribution in [-0.2, 0) is 35.3 Å². The molecule has 0 aliphatic rings. The normalized spacial score (nSPS) is 13.7. The van der Waals surface area contributed by atoms with Gasteiger partial charge in [-0.1, -0.05) is 48.5 Å². The van der Waals surface area contributed by atoms with Crippen molar-refractivity contribution >= 4 is 60.2 Å². The first-order chi connectivity index (χ1) is 27.8. The zero-order valence-electron chi connectivity index (χ0n) is 33.2. The molecule has 0 fully saturated rings. The molecule has 0 spiro atoms. The van der Waals surface area contributed by atoms with Crippen molar-refractivity contribution in [2.24, 2.45) is 5.10 Å². The van der Waals surface area contributed by atoms with E-state index >= 15 is 0 Å². The smallest absolute Gasteiger partial charge is 0.366 e. The second-order valence-corrected chi connectivity index (χ2v) is 19.7. The third-order valence-electron chi connectivity index (χ3n) is 9.36. The van der Waals surface area contributed by atoms with Gasteiger partial charge in [0.1, 0.15) is 12.4 Å². The fourth-order valence-electron chi connectivity index (χ4n) is 5.88. The second kappa shape index (κ2) is 21.2. The summed E-state index contributed by atoms with van der Waals surface area (Å²) in [5, 5.41) is 12.5. The van der Waals surface area contributed by atoms with Crippen LogP contribution < -0.4 is 15.1 Å². The number of benzene rings is 4. The lowest BCUT2D eigenvalue weighted by Crippen LogP contribution is -2.31. The van der Waals surface area contributed by atoms with Crippen LogP contribution in [0.15, 0.2) is 94.9 Å². The number of amides is 1. The number of nitrogens with zero attached hydrogens (tertiary/aromatic N) is 4. The number of hydrogen-bond donors (Lipinski definition) is 5. The number of hydrazone groups is 1. The van der Waals surface area contributed by atoms with Gasteiger partial charge >= 0.3 is 13.6 Å². The first-order valence-corrected chi connectivity index (χ1v) is 22.9. The van der Waals surface area contributed by atoms with Crippen molar-refractivity contribution in [3.05, 3.63) is 102 Å². The van der Waals surface area contributed by atoms with Gasteiger partial charge in [-0.25, -0.2) is 18.1 Å². The first-order valence-electron chi connectivity index (χ1n) is 18.5. The molecule has 2 atom stereocenters. The number of carbonyl (C=O) groups excluding carboxylic acids is 2. The molecule has 0 aromatic heterocycles. The Hall–Kier alpha value is -4.48. The average Bonchev–Trinajstić information content (AvgIpc) is 3.19. The molecule has 0 saturated heterocycles. The van der Waals surface area contributed by atoms with Gasteiger partial charge in [-0.2, -0.15) is 5.10 Å². The summed E-state index contributed by atoms with van der Waals surface area (Å²) in [6, 6.07) is 24.1. The van der Waals surface area contributed by atoms with E-state index in [2.05, 4.69) is 10.5 Å². The van der Waals surface area contributed by atoms with Crippen molar-refractivity contribution in [1.82, 2.24) is 14.6 Å². The Morgan fingerprint density at radius 3 is 2.27 bits per heavy atom. The molecule has 320 valence electrons. The standard InChI is InChI=1S/C39H51N5O12P2S/c1-42(2)35-14-6-13-34-33(35)12-7-15-36(34)59(53,54)44(4)23-8-16-37(45)56-28-29-17-19-31(20-18-29)38(46)41-40-27-30-10-5-11-32(26-30)55-25-9-22-43(3)24-21-39(47,57(48)49)58(50,51)52/h5-7,10-15,17-20,26-27,47,57H,8-9,16,21-25,28H2,1-4H3,(H,41,46)(H,48,49)(H2,50,51,52)/b40-27+. The van der Waals surface area contributed by atoms with Crippen LogP contribution >= 0.6 is 15.6 Å². The summed E-state index contributed by atoms with van der Waals surface area (Å²) in [5.74, 6) is -0.415. The Morgan fingerprint density at radius 2 is 1.59 bits per heavy atom. The summed E-state index contributed by atoms with van der Waals surface area (Å²) in [4.78, 5) is 56.7. The number of nitrogens with one attached hydrogen (secondary N) is 1. The van der Waals surface area contributed by atoms with Gasteiger partial charge in [-0.05, 0) is 67.4 Å². The monoisotopic (exact) mass is 875 g/mol. The van der Waals surface area contributed by atoms with Gasteiger partial charge in [0, 0.05) is 75.6 Å². The molecule has 59 heavy (non-hydrogen) atoms. The van der Waals surface area contributed by atoms with E-state index in [1.54, 1.807) is 78.7 Å². The van der Waals surface area contributed by atoms with Crippen LogP contribution in [0.25, 0.3) is 10.8 Å². The molecule has 2 unspecified atom stereocenters. The van der Waals surface area contributed by atoms with Gasteiger partial charge in [-0.3, -0.25) is 18.7 Å². The molecule has 0 saturated carbocycles. The van der Waals surface area contributed by atoms with Crippen molar-refractivity contribution in [1.29, 1.82) is 0 Å². The molecule has 0 aliphatic heterocycles. The minimum atomic E-state index is -5.21. The number of aliphatic hydroxyl groups is 1. The Bertz CT molecular complexity index is 2290. The van der Waals surface area contributed by atoms with Gasteiger partial charge in [0.25, 0.3) is 5.91 Å². The number of carbonyl (C=O) groups is 2. The van der Waals surface area contributed by atoms with Crippen molar-refractivity contribution in [2.45, 2.75) is 42.3 Å². The van der Waals surface area contributed by atoms with Gasteiger partial charge in [0.05, 0.1) is 17.7 Å². The summed E-state index contributed by atoms with van der Waals surface area (Å²) in [5.41, 5.74) is 4.99. The van der Waals surface area contributed by atoms with E-state index in [0.717, 1.165) is 11.1 Å². The van der Waals surface area contributed by atoms with E-state index in [4.69, 9.17) is 9.47 Å². The lowest BCUT2D eigenvalue weighted by molar-refractivity contribution is -0.145. The largest absolute Gasteiger partial charge is 0.494 e. The summed E-state index contributed by atoms with van der Waals surface area (Å²) < 4.78 is 62.2. The highest BCUT2D eigenvalue weighted by Crippen LogP contribution is 2.61. The lowest BCUT2D eigenvalue weighted by Gasteiger charge is -2.28. The Kier molecular flexibility index (Phi) is 16.9. The predicted molar refractivity (Wildman–Crippen MR) is 226 cm³/mol. The number of esters is 1. The molecule has 0 bridgehead atoms. The molecule has 5 N–H and O–H groups in total. The van der Waals surface area contributed by atoms with Crippen molar-refractivity contribution in [2.75, 3.05) is 59.3 Å². The molecular formula is C39H51N5O12P2S. The lowest BCUT2D eigenvalue weighted by atomic mass is 10.1. The zero-order chi connectivity index (χ0) is 43.4. The molecule has 4 rings (SSSR count). The highest BCUT2D eigenvalue weighted by Gasteiger charge is 2.50. The quantitative estimate of drug-likeness (QED) is 0.0245. The van der Waals surface area contributed by atoms with Crippen molar-refractivity contribution in [3.8, 4) is 5.75 Å². The van der Waals surface area contributed by atoms with Crippen LogP contribution in [0, 0.1) is 0 Å². The maximum absolute atomic E-state index is 13.5. The second-order valence-electron chi connectivity index (χ2n) is 14.0. The highest BCUT2D eigenvalue weighted by atomic mass is 32.2. The summed E-state index contributed by atoms with van der Waals surface area (Å²) in [6.07, 6.45) is 1.65. The van der Waals surface area contributed by atoms with E-state index < -0.39 is 49.0 Å². The molecule has 17 nitrogen and oxygen atoms in total. The van der Waals surface area contributed by atoms with Crippen LogP contribution in [0.3, 0.4) is 0 Å². The van der Waals surface area contributed by atoms with E-state index in [9.17, 15) is 46.9 Å². The molecule has 4 aromatic carbocycles. The van der Waals surface area contributed by atoms with E-state index in [1.165, 1.54) is 17.6 Å². The Labute approximate surface area is 344 Å². The highest BCUT2D eigenvalue weighted by molar-refractivity contribution is 7.89. The van der Waals surface area contributed by atoms with Gasteiger partial charge in [-0.15, -0.1) is 0 Å². The van der Waals surface area contributed by atoms with Crippen LogP contribution in [0.4, 0.5) is 5.69 Å². The molecule has 0 aliphatic carbocycles. The van der Waals surface area contributed by atoms with E-state index in [-0.39, 0.29) is 44.0 Å². The Morgan fingerprint density at radius 1 is 0.915 bits per heavy atom. The van der Waals surface area contributed by atoms with E-state index in [1.807, 2.05) is 37.2 Å². The zero-order valence-corrected chi connectivity index (χ0v) is 35.9. The summed E-state index contributed by atoms with van der Waals surface area (Å²) >= 11 is 0. The molecular weight excluding hydrogens is 824 g/mol. The number of anilines is 1. The van der Waals surface area contributed by atoms with Crippen LogP contribution in [0.2, 0.25) is 0 Å². The maximum Gasteiger partial charge on any atom is 0.366 e. The maximum atomic E-state index is 13.5. The van der Waals surface area contributed by atoms with Crippen molar-refractivity contribution < 1.29 is 56.4 Å². The van der Waals surface area contributed by atoms with E-state index in [0.29, 0.717) is 40.8 Å². The SMILES string of the molecule is CN(CCCOc1cccc(/C=N/NC(=O)c2ccc(COC(=O)CCCN(C)S(=O)(=O)c3cccc4c(N(C)C)cccc34)cc2)c1)CCC(O)([PH](=O)O)P(=O)(O)O. The first kappa shape index (κ1) is 47.2. The number of hydrogen-bond acceptors (Lipinski definition) is 12. The van der Waals surface area contributed by atoms with Crippen LogP contribution in [-0.4, -0.2) is 115 Å². The number of rotatable bonds is 22. The minimum Gasteiger partial charge on any atom is -0.494 e. The van der Waals surface area contributed by atoms with Crippen LogP contribution in [0.5, 0.6) is 5.75 Å². The fraction of sp³-hybridized carbons (Fsp3) is 0.359. The summed E-state index contributed by atoms with van der Waals surface area (Å²) in [6.45, 7) is 0.773. The third kappa shape index (κ3) is 13.0. The number of ether oxygens (including phenoxy) is 2. The molecule has 20 heteroatoms. The van der Waals surface area contributed by atoms with Gasteiger partial charge in [0.2, 0.25) is 23.1 Å². The third-order valence-corrected chi connectivity index (χ3v) is 14.8. The Balaban J connectivity index is 1.16. The minimum absolute atomic E-state index is 0.0165. The molecule has 4 aromatic rings. The van der Waals surface area contributed by atoms with Crippen molar-refractivity contribution in [3.63, 3.8) is 0 Å². The van der Waals surface area contributed by atoms with Crippen LogP contribution in [0.1, 0.15) is 47.2 Å². The van der Waals surface area contributed by atoms with Gasteiger partial charge < -0.3 is 39.1 Å². The summed E-state index contributed by atoms with van der Waals surface area (Å²) in [7, 11) is -6.01. The predicted octanol–water partition coefficient (Wildman–Crippen LogP) is 4.20. The number of sulfonamides is 1.